The van der Waals surface area contributed by atoms with Crippen LogP contribution in [0.5, 0.6) is 0 Å². The molecule has 4 rings (SSSR count). The number of benzene rings is 2. The monoisotopic (exact) mass is 438 g/mol. The number of carbonyl (C=O) groups excluding carboxylic acids is 1. The summed E-state index contributed by atoms with van der Waals surface area (Å²) in [5.74, 6) is 0.418. The van der Waals surface area contributed by atoms with E-state index in [1.807, 2.05) is 55.4 Å². The van der Waals surface area contributed by atoms with Gasteiger partial charge in [0.1, 0.15) is 5.82 Å². The number of aromatic nitrogens is 1. The largest absolute Gasteiger partial charge is 0.416 e. The molecule has 1 aliphatic rings. The number of aliphatic imine (C=N–C) groups is 1. The number of alkyl halides is 3. The molecule has 1 aliphatic heterocycles. The number of nitrogens with one attached hydrogen (secondary N) is 1. The summed E-state index contributed by atoms with van der Waals surface area (Å²) in [5.41, 5.74) is 2.64. The van der Waals surface area contributed by atoms with Crippen LogP contribution in [0.4, 0.5) is 30.4 Å². The van der Waals surface area contributed by atoms with Gasteiger partial charge in [-0.25, -0.2) is 4.98 Å². The van der Waals surface area contributed by atoms with Crippen LogP contribution in [0.1, 0.15) is 23.1 Å². The Morgan fingerprint density at radius 1 is 1.00 bits per heavy atom. The van der Waals surface area contributed by atoms with Crippen LogP contribution in [-0.2, 0) is 11.0 Å². The van der Waals surface area contributed by atoms with Crippen molar-refractivity contribution in [2.45, 2.75) is 19.5 Å². The van der Waals surface area contributed by atoms with Crippen LogP contribution in [0, 0.1) is 6.92 Å². The number of pyridine rings is 1. The van der Waals surface area contributed by atoms with Gasteiger partial charge in [0.15, 0.2) is 0 Å². The van der Waals surface area contributed by atoms with Crippen molar-refractivity contribution >= 4 is 28.8 Å². The van der Waals surface area contributed by atoms with E-state index < -0.39 is 17.6 Å². The number of aryl methyl sites for hydroxylation is 1. The molecule has 0 unspecified atom stereocenters. The lowest BCUT2D eigenvalue weighted by Gasteiger charge is -2.13. The summed E-state index contributed by atoms with van der Waals surface area (Å²) in [6.45, 7) is 1.38. The average Bonchev–Trinajstić information content (AvgIpc) is 2.90. The average molecular weight is 438 g/mol. The molecule has 0 fully saturated rings. The zero-order valence-electron chi connectivity index (χ0n) is 17.8. The Labute approximate surface area is 183 Å². The highest BCUT2D eigenvalue weighted by molar-refractivity contribution is 6.17. The van der Waals surface area contributed by atoms with Crippen molar-refractivity contribution < 1.29 is 18.0 Å². The molecule has 2 heterocycles. The summed E-state index contributed by atoms with van der Waals surface area (Å²) in [4.78, 5) is 23.3. The highest BCUT2D eigenvalue weighted by Crippen LogP contribution is 2.39. The van der Waals surface area contributed by atoms with E-state index in [9.17, 15) is 18.0 Å². The Morgan fingerprint density at radius 3 is 2.41 bits per heavy atom. The molecule has 32 heavy (non-hydrogen) atoms. The number of amides is 1. The number of halogens is 3. The summed E-state index contributed by atoms with van der Waals surface area (Å²) in [6.07, 6.45) is -2.78. The second-order valence-corrected chi connectivity index (χ2v) is 7.85. The molecule has 0 radical (unpaired) electrons. The molecular weight excluding hydrogens is 417 g/mol. The summed E-state index contributed by atoms with van der Waals surface area (Å²) < 4.78 is 39.8. The van der Waals surface area contributed by atoms with Crippen molar-refractivity contribution in [1.82, 2.24) is 4.98 Å². The summed E-state index contributed by atoms with van der Waals surface area (Å²) in [7, 11) is 3.82. The van der Waals surface area contributed by atoms with Gasteiger partial charge >= 0.3 is 6.18 Å². The number of rotatable bonds is 3. The van der Waals surface area contributed by atoms with Crippen molar-refractivity contribution in [3.8, 4) is 11.1 Å². The fourth-order valence-corrected chi connectivity index (χ4v) is 3.59. The van der Waals surface area contributed by atoms with Crippen molar-refractivity contribution in [3.63, 3.8) is 0 Å². The zero-order chi connectivity index (χ0) is 23.0. The predicted molar refractivity (Wildman–Crippen MR) is 120 cm³/mol. The van der Waals surface area contributed by atoms with Gasteiger partial charge in [-0.15, -0.1) is 0 Å². The van der Waals surface area contributed by atoms with E-state index in [1.54, 1.807) is 6.20 Å². The van der Waals surface area contributed by atoms with Crippen LogP contribution < -0.4 is 10.2 Å². The maximum absolute atomic E-state index is 13.3. The molecule has 2 aromatic carbocycles. The molecule has 0 saturated heterocycles. The number of carbonyl (C=O) groups is 1. The molecule has 0 aliphatic carbocycles. The minimum absolute atomic E-state index is 0.0453. The number of hydrogen-bond donors (Lipinski definition) is 1. The van der Waals surface area contributed by atoms with E-state index >= 15 is 0 Å². The lowest BCUT2D eigenvalue weighted by molar-refractivity contribution is -0.138. The smallest absolute Gasteiger partial charge is 0.363 e. The molecule has 1 aromatic heterocycles. The third-order valence-corrected chi connectivity index (χ3v) is 5.24. The lowest BCUT2D eigenvalue weighted by Crippen LogP contribution is -2.15. The van der Waals surface area contributed by atoms with Gasteiger partial charge in [-0.2, -0.15) is 13.2 Å². The molecule has 164 valence electrons. The van der Waals surface area contributed by atoms with Gasteiger partial charge in [0, 0.05) is 25.9 Å². The number of anilines is 2. The first-order valence-corrected chi connectivity index (χ1v) is 9.95. The summed E-state index contributed by atoms with van der Waals surface area (Å²) >= 11 is 0. The topological polar surface area (TPSA) is 57.6 Å². The number of fused-ring (bicyclic) bond motifs is 1. The second kappa shape index (κ2) is 8.11. The fourth-order valence-electron chi connectivity index (χ4n) is 3.59. The van der Waals surface area contributed by atoms with Crippen LogP contribution in [0.3, 0.4) is 0 Å². The molecule has 1 amide bonds. The Balaban J connectivity index is 1.74. The normalized spacial score (nSPS) is 13.7. The van der Waals surface area contributed by atoms with E-state index in [-0.39, 0.29) is 17.7 Å². The van der Waals surface area contributed by atoms with Gasteiger partial charge in [0.05, 0.1) is 29.1 Å². The molecule has 5 nitrogen and oxygen atoms in total. The van der Waals surface area contributed by atoms with Crippen LogP contribution in [0.2, 0.25) is 0 Å². The highest BCUT2D eigenvalue weighted by atomic mass is 19.4. The zero-order valence-corrected chi connectivity index (χ0v) is 17.8. The minimum Gasteiger partial charge on any atom is -0.363 e. The molecular formula is C24H21F3N4O. The van der Waals surface area contributed by atoms with Crippen molar-refractivity contribution in [3.05, 3.63) is 71.4 Å². The summed E-state index contributed by atoms with van der Waals surface area (Å²) in [5, 5.41) is 2.56. The maximum atomic E-state index is 13.3. The van der Waals surface area contributed by atoms with Crippen molar-refractivity contribution in [1.29, 1.82) is 0 Å². The van der Waals surface area contributed by atoms with Crippen LogP contribution >= 0.6 is 0 Å². The third-order valence-electron chi connectivity index (χ3n) is 5.24. The van der Waals surface area contributed by atoms with Crippen LogP contribution in [0.25, 0.3) is 11.1 Å². The Morgan fingerprint density at radius 2 is 1.75 bits per heavy atom. The first-order valence-electron chi connectivity index (χ1n) is 9.95. The van der Waals surface area contributed by atoms with E-state index in [1.165, 1.54) is 13.0 Å². The first kappa shape index (κ1) is 21.5. The lowest BCUT2D eigenvalue weighted by atomic mass is 10.0. The predicted octanol–water partition coefficient (Wildman–Crippen LogP) is 5.60. The standard InChI is InChI=1S/C24H21F3N4O/c1-14-9-20-21(11-18(14)24(25,26)27)30-23(32)12-19(29-20)16-6-4-5-15(10-16)17-7-8-22(28-13-17)31(2)3/h4-11,13H,12H2,1-3H3,(H,30,32). The Hall–Kier alpha value is -3.68. The van der Waals surface area contributed by atoms with Gasteiger partial charge in [-0.3, -0.25) is 9.79 Å². The third kappa shape index (κ3) is 4.34. The molecule has 0 saturated carbocycles. The van der Waals surface area contributed by atoms with Crippen molar-refractivity contribution in [2.75, 3.05) is 24.3 Å². The van der Waals surface area contributed by atoms with Gasteiger partial charge in [-0.1, -0.05) is 18.2 Å². The number of hydrogen-bond acceptors (Lipinski definition) is 4. The molecule has 8 heteroatoms. The Kier molecular flexibility index (Phi) is 5.46. The minimum atomic E-state index is -4.51. The second-order valence-electron chi connectivity index (χ2n) is 7.85. The van der Waals surface area contributed by atoms with E-state index in [0.29, 0.717) is 11.4 Å². The van der Waals surface area contributed by atoms with Crippen LogP contribution in [-0.4, -0.2) is 30.7 Å². The Bertz CT molecular complexity index is 1210. The van der Waals surface area contributed by atoms with Gasteiger partial charge in [0.2, 0.25) is 5.91 Å². The van der Waals surface area contributed by atoms with E-state index in [4.69, 9.17) is 0 Å². The first-order chi connectivity index (χ1) is 15.1. The highest BCUT2D eigenvalue weighted by Gasteiger charge is 2.34. The van der Waals surface area contributed by atoms with Crippen molar-refractivity contribution in [2.24, 2.45) is 4.99 Å². The van der Waals surface area contributed by atoms with Crippen LogP contribution in [0.15, 0.2) is 59.7 Å². The maximum Gasteiger partial charge on any atom is 0.416 e. The summed E-state index contributed by atoms with van der Waals surface area (Å²) in [6, 6.07) is 13.7. The quantitative estimate of drug-likeness (QED) is 0.579. The molecule has 1 N–H and O–H groups in total. The molecule has 0 atom stereocenters. The molecule has 0 spiro atoms. The fraction of sp³-hybridized carbons (Fsp3) is 0.208. The van der Waals surface area contributed by atoms with Gasteiger partial charge < -0.3 is 10.2 Å². The van der Waals surface area contributed by atoms with Gasteiger partial charge in [0.25, 0.3) is 0 Å². The SMILES string of the molecule is Cc1cc2c(cc1C(F)(F)F)NC(=O)CC(c1cccc(-c3ccc(N(C)C)nc3)c1)=N2. The molecule has 0 bridgehead atoms. The van der Waals surface area contributed by atoms with E-state index in [2.05, 4.69) is 15.3 Å². The number of nitrogens with zero attached hydrogens (tertiary/aromatic N) is 3. The van der Waals surface area contributed by atoms with E-state index in [0.717, 1.165) is 28.6 Å². The molecule has 3 aromatic rings. The van der Waals surface area contributed by atoms with Gasteiger partial charge in [-0.05, 0) is 53.9 Å².